The first-order chi connectivity index (χ1) is 11.2. The number of likely N-dealkylation sites (N-methyl/N-ethyl adjacent to an activating group) is 1. The minimum absolute atomic E-state index is 0.179. The van der Waals surface area contributed by atoms with Gasteiger partial charge in [0.25, 0.3) is 0 Å². The lowest BCUT2D eigenvalue weighted by Gasteiger charge is -2.23. The highest BCUT2D eigenvalue weighted by molar-refractivity contribution is 6.00. The number of hydrogen-bond acceptors (Lipinski definition) is 3. The van der Waals surface area contributed by atoms with Crippen LogP contribution < -0.4 is 10.2 Å². The minimum atomic E-state index is -0.569. The van der Waals surface area contributed by atoms with E-state index in [1.165, 1.54) is 4.90 Å². The number of carbonyl (C=O) groups is 2. The lowest BCUT2D eigenvalue weighted by Crippen LogP contribution is -2.47. The normalized spacial score (nSPS) is 15.9. The molecule has 3 rings (SSSR count). The topological polar surface area (TPSA) is 58.6 Å². The van der Waals surface area contributed by atoms with E-state index in [-0.39, 0.29) is 12.5 Å². The van der Waals surface area contributed by atoms with E-state index in [0.29, 0.717) is 6.42 Å². The first kappa shape index (κ1) is 15.1. The molecule has 0 saturated carbocycles. The number of fused-ring (bicyclic) bond motifs is 1. The Hall–Kier alpha value is -2.82. The maximum absolute atomic E-state index is 12.5. The van der Waals surface area contributed by atoms with Gasteiger partial charge in [-0.15, -0.1) is 0 Å². The largest absolute Gasteiger partial charge is 0.444 e. The number of nitrogens with one attached hydrogen (secondary N) is 1. The molecule has 1 atom stereocenters. The molecule has 0 radical (unpaired) electrons. The Morgan fingerprint density at radius 3 is 2.57 bits per heavy atom. The van der Waals surface area contributed by atoms with Gasteiger partial charge in [0.05, 0.1) is 5.69 Å². The highest BCUT2D eigenvalue weighted by atomic mass is 16.6. The van der Waals surface area contributed by atoms with Crippen molar-refractivity contribution < 1.29 is 14.3 Å². The van der Waals surface area contributed by atoms with E-state index in [1.807, 2.05) is 54.6 Å². The second kappa shape index (κ2) is 6.52. The summed E-state index contributed by atoms with van der Waals surface area (Å²) in [6.07, 6.45) is -0.0107. The first-order valence-corrected chi connectivity index (χ1v) is 7.50. The maximum Gasteiger partial charge on any atom is 0.415 e. The zero-order valence-corrected chi connectivity index (χ0v) is 12.9. The second-order valence-electron chi connectivity index (χ2n) is 5.37. The molecule has 1 aliphatic rings. The van der Waals surface area contributed by atoms with Gasteiger partial charge in [0.15, 0.2) is 0 Å². The molecule has 0 bridgehead atoms. The van der Waals surface area contributed by atoms with Crippen LogP contribution in [0.5, 0.6) is 0 Å². The van der Waals surface area contributed by atoms with E-state index in [0.717, 1.165) is 16.8 Å². The maximum atomic E-state index is 12.5. The molecular formula is C18H18N2O3. The van der Waals surface area contributed by atoms with Crippen LogP contribution in [0, 0.1) is 0 Å². The monoisotopic (exact) mass is 310 g/mol. The number of hydrogen-bond donors (Lipinski definition) is 1. The average Bonchev–Trinajstić information content (AvgIpc) is 2.99. The highest BCUT2D eigenvalue weighted by Crippen LogP contribution is 2.32. The quantitative estimate of drug-likeness (QED) is 0.947. The van der Waals surface area contributed by atoms with Gasteiger partial charge in [-0.3, -0.25) is 9.69 Å². The Bertz CT molecular complexity index is 715. The summed E-state index contributed by atoms with van der Waals surface area (Å²) >= 11 is 0. The molecule has 118 valence electrons. The summed E-state index contributed by atoms with van der Waals surface area (Å²) in [5.74, 6) is -0.196. The van der Waals surface area contributed by atoms with Crippen molar-refractivity contribution in [1.29, 1.82) is 0 Å². The van der Waals surface area contributed by atoms with Crippen molar-refractivity contribution in [3.63, 3.8) is 0 Å². The van der Waals surface area contributed by atoms with Crippen LogP contribution in [-0.2, 0) is 22.6 Å². The first-order valence-electron chi connectivity index (χ1n) is 7.50. The van der Waals surface area contributed by atoms with Crippen molar-refractivity contribution >= 4 is 17.7 Å². The van der Waals surface area contributed by atoms with Crippen molar-refractivity contribution in [1.82, 2.24) is 5.32 Å². The zero-order valence-electron chi connectivity index (χ0n) is 12.9. The molecule has 5 nitrogen and oxygen atoms in total. The van der Waals surface area contributed by atoms with E-state index >= 15 is 0 Å². The summed E-state index contributed by atoms with van der Waals surface area (Å²) in [5, 5.41) is 2.61. The van der Waals surface area contributed by atoms with Crippen molar-refractivity contribution in [2.75, 3.05) is 11.9 Å². The van der Waals surface area contributed by atoms with Gasteiger partial charge in [0.2, 0.25) is 5.91 Å². The predicted molar refractivity (Wildman–Crippen MR) is 87.1 cm³/mol. The van der Waals surface area contributed by atoms with E-state index in [1.54, 1.807) is 7.05 Å². The van der Waals surface area contributed by atoms with Crippen LogP contribution in [0.15, 0.2) is 54.6 Å². The van der Waals surface area contributed by atoms with Crippen molar-refractivity contribution in [3.8, 4) is 0 Å². The third-order valence-corrected chi connectivity index (χ3v) is 3.93. The molecule has 0 aromatic heterocycles. The number of benzene rings is 2. The molecule has 1 N–H and O–H groups in total. The fraction of sp³-hybridized carbons (Fsp3) is 0.222. The van der Waals surface area contributed by atoms with Gasteiger partial charge >= 0.3 is 6.09 Å². The summed E-state index contributed by atoms with van der Waals surface area (Å²) in [6, 6.07) is 16.4. The molecule has 2 aromatic rings. The molecule has 2 amide bonds. The van der Waals surface area contributed by atoms with Crippen LogP contribution in [0.4, 0.5) is 10.5 Å². The molecule has 0 saturated heterocycles. The number of rotatable bonds is 3. The van der Waals surface area contributed by atoms with E-state index in [9.17, 15) is 9.59 Å². The van der Waals surface area contributed by atoms with Gasteiger partial charge in [-0.1, -0.05) is 48.5 Å². The molecule has 5 heteroatoms. The van der Waals surface area contributed by atoms with Gasteiger partial charge in [-0.25, -0.2) is 4.79 Å². The van der Waals surface area contributed by atoms with Crippen LogP contribution in [0.25, 0.3) is 0 Å². The number of ether oxygens (including phenoxy) is 1. The van der Waals surface area contributed by atoms with Crippen LogP contribution in [0.2, 0.25) is 0 Å². The summed E-state index contributed by atoms with van der Waals surface area (Å²) in [5.41, 5.74) is 2.61. The Kier molecular flexibility index (Phi) is 4.28. The summed E-state index contributed by atoms with van der Waals surface area (Å²) in [7, 11) is 1.57. The lowest BCUT2D eigenvalue weighted by molar-refractivity contribution is -0.121. The van der Waals surface area contributed by atoms with Gasteiger partial charge in [0.1, 0.15) is 12.6 Å². The third kappa shape index (κ3) is 3.04. The van der Waals surface area contributed by atoms with E-state index in [2.05, 4.69) is 5.32 Å². The van der Waals surface area contributed by atoms with E-state index < -0.39 is 12.1 Å². The summed E-state index contributed by atoms with van der Waals surface area (Å²) < 4.78 is 5.40. The van der Waals surface area contributed by atoms with Gasteiger partial charge < -0.3 is 10.1 Å². The van der Waals surface area contributed by atoms with Gasteiger partial charge in [-0.05, 0) is 17.2 Å². The third-order valence-electron chi connectivity index (χ3n) is 3.93. The molecule has 0 fully saturated rings. The summed E-state index contributed by atoms with van der Waals surface area (Å²) in [6.45, 7) is 0.179. The number of amides is 2. The predicted octanol–water partition coefficient (Wildman–Crippen LogP) is 2.50. The van der Waals surface area contributed by atoms with Crippen LogP contribution >= 0.6 is 0 Å². The van der Waals surface area contributed by atoms with Crippen molar-refractivity contribution in [3.05, 3.63) is 65.7 Å². The smallest absolute Gasteiger partial charge is 0.415 e. The number of anilines is 1. The van der Waals surface area contributed by atoms with Gasteiger partial charge in [0, 0.05) is 13.5 Å². The Morgan fingerprint density at radius 1 is 1.13 bits per heavy atom. The fourth-order valence-corrected chi connectivity index (χ4v) is 2.78. The lowest BCUT2D eigenvalue weighted by atomic mass is 10.1. The Labute approximate surface area is 134 Å². The SMILES string of the molecule is CNC(=O)[C@@H]1Cc2ccccc2N1C(=O)OCc1ccccc1. The number of nitrogens with zero attached hydrogens (tertiary/aromatic N) is 1. The Balaban J connectivity index is 1.79. The fourth-order valence-electron chi connectivity index (χ4n) is 2.78. The van der Waals surface area contributed by atoms with Crippen LogP contribution in [0.3, 0.4) is 0 Å². The van der Waals surface area contributed by atoms with Crippen LogP contribution in [-0.4, -0.2) is 25.1 Å². The number of para-hydroxylation sites is 1. The molecule has 1 heterocycles. The molecule has 2 aromatic carbocycles. The highest BCUT2D eigenvalue weighted by Gasteiger charge is 2.38. The molecule has 0 spiro atoms. The Morgan fingerprint density at radius 2 is 1.83 bits per heavy atom. The summed E-state index contributed by atoms with van der Waals surface area (Å²) in [4.78, 5) is 26.1. The average molecular weight is 310 g/mol. The van der Waals surface area contributed by atoms with Crippen LogP contribution in [0.1, 0.15) is 11.1 Å². The molecule has 0 aliphatic carbocycles. The zero-order chi connectivity index (χ0) is 16.2. The van der Waals surface area contributed by atoms with Gasteiger partial charge in [-0.2, -0.15) is 0 Å². The molecular weight excluding hydrogens is 292 g/mol. The molecule has 0 unspecified atom stereocenters. The number of carbonyl (C=O) groups excluding carboxylic acids is 2. The minimum Gasteiger partial charge on any atom is -0.444 e. The van der Waals surface area contributed by atoms with Crippen molar-refractivity contribution in [2.45, 2.75) is 19.1 Å². The van der Waals surface area contributed by atoms with E-state index in [4.69, 9.17) is 4.74 Å². The molecule has 23 heavy (non-hydrogen) atoms. The second-order valence-corrected chi connectivity index (χ2v) is 5.37. The standard InChI is InChI=1S/C18H18N2O3/c1-19-17(21)16-11-14-9-5-6-10-15(14)20(16)18(22)23-12-13-7-3-2-4-8-13/h2-10,16H,11-12H2,1H3,(H,19,21)/t16-/m0/s1. The van der Waals surface area contributed by atoms with Crippen molar-refractivity contribution in [2.24, 2.45) is 0 Å². The molecule has 1 aliphatic heterocycles.